The number of benzene rings is 1. The lowest BCUT2D eigenvalue weighted by molar-refractivity contribution is 0.414. The zero-order chi connectivity index (χ0) is 16.1. The number of anilines is 1. The molecule has 0 atom stereocenters. The fourth-order valence-corrected chi connectivity index (χ4v) is 3.44. The number of thioether (sulfide) groups is 1. The van der Waals surface area contributed by atoms with Gasteiger partial charge in [0.05, 0.1) is 12.9 Å². The topological polar surface area (TPSA) is 86.0 Å². The number of nitrogens with one attached hydrogen (secondary N) is 1. The average Bonchev–Trinajstić information content (AvgIpc) is 3.23. The van der Waals surface area contributed by atoms with Gasteiger partial charge in [0.2, 0.25) is 5.13 Å². The van der Waals surface area contributed by atoms with Crippen LogP contribution in [0.4, 0.5) is 5.13 Å². The van der Waals surface area contributed by atoms with Gasteiger partial charge in [0, 0.05) is 12.1 Å². The maximum Gasteiger partial charge on any atom is 0.257 e. The van der Waals surface area contributed by atoms with Gasteiger partial charge in [-0.1, -0.05) is 28.3 Å². The maximum atomic E-state index is 5.30. The van der Waals surface area contributed by atoms with Gasteiger partial charge in [-0.05, 0) is 31.2 Å². The summed E-state index contributed by atoms with van der Waals surface area (Å²) < 4.78 is 11.3. The van der Waals surface area contributed by atoms with E-state index in [1.807, 2.05) is 31.2 Å². The van der Waals surface area contributed by atoms with E-state index in [9.17, 15) is 0 Å². The lowest BCUT2D eigenvalue weighted by atomic mass is 10.2. The Morgan fingerprint density at radius 1 is 1.26 bits per heavy atom. The molecule has 0 spiro atoms. The summed E-state index contributed by atoms with van der Waals surface area (Å²) in [6, 6.07) is 7.49. The summed E-state index contributed by atoms with van der Waals surface area (Å²) in [4.78, 5) is 4.40. The van der Waals surface area contributed by atoms with Crippen LogP contribution in [-0.4, -0.2) is 34.0 Å². The molecule has 0 aliphatic carbocycles. The van der Waals surface area contributed by atoms with E-state index in [0.29, 0.717) is 17.5 Å². The van der Waals surface area contributed by atoms with E-state index in [1.165, 1.54) is 23.1 Å². The van der Waals surface area contributed by atoms with Crippen LogP contribution >= 0.6 is 23.1 Å². The Balaban J connectivity index is 1.62. The van der Waals surface area contributed by atoms with E-state index in [2.05, 4.69) is 25.7 Å². The third-order valence-corrected chi connectivity index (χ3v) is 4.87. The van der Waals surface area contributed by atoms with Crippen molar-refractivity contribution in [3.63, 3.8) is 0 Å². The summed E-state index contributed by atoms with van der Waals surface area (Å²) in [5.74, 6) is 2.49. The number of aromatic nitrogens is 4. The van der Waals surface area contributed by atoms with Crippen molar-refractivity contribution in [2.75, 3.05) is 19.0 Å². The Bertz CT molecular complexity index is 757. The Morgan fingerprint density at radius 2 is 2.09 bits per heavy atom. The van der Waals surface area contributed by atoms with Crippen LogP contribution in [0.15, 0.2) is 33.1 Å². The van der Waals surface area contributed by atoms with Gasteiger partial charge in [-0.2, -0.15) is 4.98 Å². The maximum absolute atomic E-state index is 5.30. The van der Waals surface area contributed by atoms with Crippen LogP contribution in [0.25, 0.3) is 11.5 Å². The highest BCUT2D eigenvalue weighted by atomic mass is 32.2. The van der Waals surface area contributed by atoms with E-state index < -0.39 is 0 Å². The van der Waals surface area contributed by atoms with Gasteiger partial charge in [-0.25, -0.2) is 0 Å². The lowest BCUT2D eigenvalue weighted by Crippen LogP contribution is -1.94. The van der Waals surface area contributed by atoms with E-state index in [1.54, 1.807) is 7.11 Å². The molecule has 0 saturated heterocycles. The predicted octanol–water partition coefficient (Wildman–Crippen LogP) is 3.32. The number of methoxy groups -OCH3 is 1. The minimum atomic E-state index is 0.494. The SMILES string of the molecule is CCNc1nnc(SCc2noc(-c3ccc(OC)cc3)n2)s1. The van der Waals surface area contributed by atoms with Gasteiger partial charge in [0.15, 0.2) is 10.2 Å². The molecule has 0 amide bonds. The van der Waals surface area contributed by atoms with Crippen LogP contribution in [0.2, 0.25) is 0 Å². The van der Waals surface area contributed by atoms with Crippen molar-refractivity contribution in [1.82, 2.24) is 20.3 Å². The van der Waals surface area contributed by atoms with Crippen LogP contribution in [0.1, 0.15) is 12.7 Å². The summed E-state index contributed by atoms with van der Waals surface area (Å²) >= 11 is 3.05. The van der Waals surface area contributed by atoms with Crippen molar-refractivity contribution in [3.8, 4) is 17.2 Å². The van der Waals surface area contributed by atoms with Crippen molar-refractivity contribution >= 4 is 28.2 Å². The number of hydrogen-bond donors (Lipinski definition) is 1. The van der Waals surface area contributed by atoms with Gasteiger partial charge in [0.25, 0.3) is 5.89 Å². The zero-order valence-electron chi connectivity index (χ0n) is 12.6. The normalized spacial score (nSPS) is 10.7. The molecule has 120 valence electrons. The van der Waals surface area contributed by atoms with Crippen LogP contribution in [0.3, 0.4) is 0 Å². The molecule has 0 radical (unpaired) electrons. The number of rotatable bonds is 7. The van der Waals surface area contributed by atoms with Crippen LogP contribution in [-0.2, 0) is 5.75 Å². The van der Waals surface area contributed by atoms with Gasteiger partial charge < -0.3 is 14.6 Å². The number of nitrogens with zero attached hydrogens (tertiary/aromatic N) is 4. The first-order valence-corrected chi connectivity index (χ1v) is 8.76. The zero-order valence-corrected chi connectivity index (χ0v) is 14.3. The van der Waals surface area contributed by atoms with Gasteiger partial charge >= 0.3 is 0 Å². The molecule has 0 saturated carbocycles. The Hall–Kier alpha value is -2.13. The van der Waals surface area contributed by atoms with Gasteiger partial charge in [-0.3, -0.25) is 0 Å². The quantitative estimate of drug-likeness (QED) is 0.650. The second-order valence-corrected chi connectivity index (χ2v) is 6.64. The van der Waals surface area contributed by atoms with Gasteiger partial charge in [-0.15, -0.1) is 10.2 Å². The smallest absolute Gasteiger partial charge is 0.257 e. The van der Waals surface area contributed by atoms with E-state index in [-0.39, 0.29) is 0 Å². The summed E-state index contributed by atoms with van der Waals surface area (Å²) in [5, 5.41) is 16.1. The van der Waals surface area contributed by atoms with Gasteiger partial charge in [0.1, 0.15) is 5.75 Å². The fourth-order valence-electron chi connectivity index (χ4n) is 1.78. The first-order valence-electron chi connectivity index (χ1n) is 6.95. The predicted molar refractivity (Wildman–Crippen MR) is 89.9 cm³/mol. The first-order chi connectivity index (χ1) is 11.3. The second-order valence-electron chi connectivity index (χ2n) is 4.44. The van der Waals surface area contributed by atoms with E-state index in [0.717, 1.165) is 27.3 Å². The second kappa shape index (κ2) is 7.42. The lowest BCUT2D eigenvalue weighted by Gasteiger charge is -1.98. The Kier molecular flexibility index (Phi) is 5.09. The molecular formula is C14H15N5O2S2. The molecule has 23 heavy (non-hydrogen) atoms. The molecule has 0 aliphatic heterocycles. The van der Waals surface area contributed by atoms with Crippen molar-refractivity contribution in [2.24, 2.45) is 0 Å². The molecule has 0 aliphatic rings. The van der Waals surface area contributed by atoms with Crippen molar-refractivity contribution in [3.05, 3.63) is 30.1 Å². The molecule has 2 heterocycles. The third kappa shape index (κ3) is 3.99. The standard InChI is InChI=1S/C14H15N5O2S2/c1-3-15-13-17-18-14(23-13)22-8-11-16-12(21-19-11)9-4-6-10(20-2)7-5-9/h4-7H,3,8H2,1-2H3,(H,15,17). The largest absolute Gasteiger partial charge is 0.497 e. The Morgan fingerprint density at radius 3 is 2.83 bits per heavy atom. The monoisotopic (exact) mass is 349 g/mol. The molecular weight excluding hydrogens is 334 g/mol. The molecule has 3 aromatic rings. The molecule has 7 nitrogen and oxygen atoms in total. The molecule has 0 unspecified atom stereocenters. The van der Waals surface area contributed by atoms with Crippen molar-refractivity contribution in [1.29, 1.82) is 0 Å². The van der Waals surface area contributed by atoms with E-state index in [4.69, 9.17) is 9.26 Å². The minimum absolute atomic E-state index is 0.494. The number of hydrogen-bond acceptors (Lipinski definition) is 9. The third-order valence-electron chi connectivity index (χ3n) is 2.86. The van der Waals surface area contributed by atoms with Crippen molar-refractivity contribution < 1.29 is 9.26 Å². The molecule has 3 rings (SSSR count). The Labute approximate surface area is 141 Å². The molecule has 0 fully saturated rings. The highest BCUT2D eigenvalue weighted by Gasteiger charge is 2.11. The number of ether oxygens (including phenoxy) is 1. The molecule has 1 N–H and O–H groups in total. The summed E-state index contributed by atoms with van der Waals surface area (Å²) in [7, 11) is 1.63. The van der Waals surface area contributed by atoms with Crippen LogP contribution < -0.4 is 10.1 Å². The average molecular weight is 349 g/mol. The highest BCUT2D eigenvalue weighted by molar-refractivity contribution is 8.00. The van der Waals surface area contributed by atoms with Crippen LogP contribution in [0.5, 0.6) is 5.75 Å². The highest BCUT2D eigenvalue weighted by Crippen LogP contribution is 2.28. The van der Waals surface area contributed by atoms with Crippen LogP contribution in [0, 0.1) is 0 Å². The summed E-state index contributed by atoms with van der Waals surface area (Å²) in [5.41, 5.74) is 0.861. The fraction of sp³-hybridized carbons (Fsp3) is 0.286. The summed E-state index contributed by atoms with van der Waals surface area (Å²) in [6.07, 6.45) is 0. The molecule has 0 bridgehead atoms. The molecule has 1 aromatic carbocycles. The molecule has 9 heteroatoms. The van der Waals surface area contributed by atoms with Crippen molar-refractivity contribution in [2.45, 2.75) is 17.0 Å². The van der Waals surface area contributed by atoms with E-state index >= 15 is 0 Å². The minimum Gasteiger partial charge on any atom is -0.497 e. The molecule has 2 aromatic heterocycles. The first kappa shape index (κ1) is 15.8. The summed E-state index contributed by atoms with van der Waals surface area (Å²) in [6.45, 7) is 2.85.